The molecule has 0 aliphatic heterocycles. The van der Waals surface area contributed by atoms with Gasteiger partial charge in [-0.2, -0.15) is 0 Å². The predicted molar refractivity (Wildman–Crippen MR) is 80.6 cm³/mol. The van der Waals surface area contributed by atoms with Crippen molar-refractivity contribution in [3.05, 3.63) is 34.6 Å². The minimum atomic E-state index is -0.387. The maximum absolute atomic E-state index is 13.3. The third-order valence-electron chi connectivity index (χ3n) is 3.93. The van der Waals surface area contributed by atoms with Gasteiger partial charge >= 0.3 is 5.97 Å². The largest absolute Gasteiger partial charge is 0.466 e. The van der Waals surface area contributed by atoms with E-state index in [9.17, 15) is 9.18 Å². The molecule has 0 atom stereocenters. The maximum atomic E-state index is 13.3. The second-order valence-corrected chi connectivity index (χ2v) is 5.84. The number of carbonyl (C=O) groups is 1. The molecule has 1 N–H and O–H groups in total. The zero-order chi connectivity index (χ0) is 15.2. The van der Waals surface area contributed by atoms with Crippen LogP contribution in [0.25, 0.3) is 0 Å². The highest BCUT2D eigenvalue weighted by atomic mass is 35.5. The smallest absolute Gasteiger partial charge is 0.308 e. The highest BCUT2D eigenvalue weighted by Crippen LogP contribution is 2.25. The summed E-state index contributed by atoms with van der Waals surface area (Å²) >= 11 is 5.66. The van der Waals surface area contributed by atoms with Crippen molar-refractivity contribution in [3.8, 4) is 0 Å². The number of carbonyl (C=O) groups excluding carboxylic acids is 1. The normalized spacial score (nSPS) is 22.0. The summed E-state index contributed by atoms with van der Waals surface area (Å²) in [5, 5.41) is 3.56. The van der Waals surface area contributed by atoms with Crippen LogP contribution in [0.4, 0.5) is 4.39 Å². The maximum Gasteiger partial charge on any atom is 0.308 e. The van der Waals surface area contributed by atoms with Crippen LogP contribution in [0, 0.1) is 11.7 Å². The molecule has 0 saturated heterocycles. The Morgan fingerprint density at radius 1 is 1.38 bits per heavy atom. The molecule has 21 heavy (non-hydrogen) atoms. The SMILES string of the molecule is CCOC(=O)C1CCC(NCc2ccc(Cl)c(F)c2)CC1. The van der Waals surface area contributed by atoms with Crippen LogP contribution in [0.3, 0.4) is 0 Å². The summed E-state index contributed by atoms with van der Waals surface area (Å²) in [5.74, 6) is -0.423. The molecule has 0 radical (unpaired) electrons. The highest BCUT2D eigenvalue weighted by Gasteiger charge is 2.26. The molecule has 1 aromatic rings. The molecule has 1 aliphatic rings. The van der Waals surface area contributed by atoms with Crippen molar-refractivity contribution < 1.29 is 13.9 Å². The lowest BCUT2D eigenvalue weighted by Crippen LogP contribution is -2.35. The summed E-state index contributed by atoms with van der Waals surface area (Å²) in [7, 11) is 0. The van der Waals surface area contributed by atoms with Crippen LogP contribution < -0.4 is 5.32 Å². The summed E-state index contributed by atoms with van der Waals surface area (Å²) in [4.78, 5) is 11.7. The van der Waals surface area contributed by atoms with E-state index >= 15 is 0 Å². The van der Waals surface area contributed by atoms with Gasteiger partial charge < -0.3 is 10.1 Å². The van der Waals surface area contributed by atoms with E-state index in [1.807, 2.05) is 13.0 Å². The number of rotatable bonds is 5. The van der Waals surface area contributed by atoms with Gasteiger partial charge in [0, 0.05) is 12.6 Å². The number of ether oxygens (including phenoxy) is 1. The second-order valence-electron chi connectivity index (χ2n) is 5.43. The van der Waals surface area contributed by atoms with E-state index < -0.39 is 0 Å². The van der Waals surface area contributed by atoms with Gasteiger partial charge in [0.05, 0.1) is 17.5 Å². The van der Waals surface area contributed by atoms with Gasteiger partial charge in [-0.25, -0.2) is 4.39 Å². The molecular weight excluding hydrogens is 293 g/mol. The molecule has 5 heteroatoms. The summed E-state index contributed by atoms with van der Waals surface area (Å²) in [6.07, 6.45) is 3.59. The average molecular weight is 314 g/mol. The van der Waals surface area contributed by atoms with Crippen LogP contribution in [0.1, 0.15) is 38.2 Å². The molecule has 1 aliphatic carbocycles. The Hall–Kier alpha value is -1.13. The van der Waals surface area contributed by atoms with Crippen LogP contribution in [-0.2, 0) is 16.1 Å². The van der Waals surface area contributed by atoms with Crippen molar-refractivity contribution >= 4 is 17.6 Å². The van der Waals surface area contributed by atoms with Crippen molar-refractivity contribution in [3.63, 3.8) is 0 Å². The first-order chi connectivity index (χ1) is 10.1. The first kappa shape index (κ1) is 16.2. The number of hydrogen-bond donors (Lipinski definition) is 1. The molecule has 0 bridgehead atoms. The van der Waals surface area contributed by atoms with E-state index in [0.717, 1.165) is 31.2 Å². The van der Waals surface area contributed by atoms with E-state index in [0.29, 0.717) is 19.2 Å². The van der Waals surface area contributed by atoms with Crippen LogP contribution in [-0.4, -0.2) is 18.6 Å². The first-order valence-electron chi connectivity index (χ1n) is 7.44. The average Bonchev–Trinajstić information content (AvgIpc) is 2.49. The molecular formula is C16H21ClFNO2. The van der Waals surface area contributed by atoms with Crippen LogP contribution >= 0.6 is 11.6 Å². The summed E-state index contributed by atoms with van der Waals surface area (Å²) in [6.45, 7) is 2.89. The van der Waals surface area contributed by atoms with Crippen LogP contribution in [0.15, 0.2) is 18.2 Å². The van der Waals surface area contributed by atoms with Gasteiger partial charge in [0.1, 0.15) is 5.82 Å². The summed E-state index contributed by atoms with van der Waals surface area (Å²) < 4.78 is 18.4. The molecule has 0 aromatic heterocycles. The quantitative estimate of drug-likeness (QED) is 0.843. The number of esters is 1. The van der Waals surface area contributed by atoms with E-state index in [-0.39, 0.29) is 22.7 Å². The highest BCUT2D eigenvalue weighted by molar-refractivity contribution is 6.30. The van der Waals surface area contributed by atoms with Crippen molar-refractivity contribution in [1.82, 2.24) is 5.32 Å². The van der Waals surface area contributed by atoms with Gasteiger partial charge in [0.15, 0.2) is 0 Å². The molecule has 0 amide bonds. The van der Waals surface area contributed by atoms with Gasteiger partial charge in [-0.05, 0) is 50.3 Å². The Balaban J connectivity index is 1.76. The monoisotopic (exact) mass is 313 g/mol. The Kier molecular flexibility index (Phi) is 6.00. The van der Waals surface area contributed by atoms with E-state index in [1.54, 1.807) is 6.07 Å². The van der Waals surface area contributed by atoms with Gasteiger partial charge in [-0.15, -0.1) is 0 Å². The van der Waals surface area contributed by atoms with Crippen molar-refractivity contribution in [2.24, 2.45) is 5.92 Å². The molecule has 0 heterocycles. The topological polar surface area (TPSA) is 38.3 Å². The fraction of sp³-hybridized carbons (Fsp3) is 0.562. The number of nitrogens with one attached hydrogen (secondary N) is 1. The molecule has 116 valence electrons. The lowest BCUT2D eigenvalue weighted by Gasteiger charge is -2.28. The Morgan fingerprint density at radius 2 is 2.10 bits per heavy atom. The van der Waals surface area contributed by atoms with E-state index in [4.69, 9.17) is 16.3 Å². The predicted octanol–water partition coefficient (Wildman–Crippen LogP) is 3.69. The fourth-order valence-corrected chi connectivity index (χ4v) is 2.82. The molecule has 1 fully saturated rings. The van der Waals surface area contributed by atoms with Crippen molar-refractivity contribution in [1.29, 1.82) is 0 Å². The Labute approximate surface area is 129 Å². The summed E-state index contributed by atoms with van der Waals surface area (Å²) in [5.41, 5.74) is 0.879. The van der Waals surface area contributed by atoms with Gasteiger partial charge in [0.25, 0.3) is 0 Å². The van der Waals surface area contributed by atoms with E-state index in [1.165, 1.54) is 6.07 Å². The molecule has 0 spiro atoms. The van der Waals surface area contributed by atoms with Crippen LogP contribution in [0.2, 0.25) is 5.02 Å². The number of benzene rings is 1. The van der Waals surface area contributed by atoms with Gasteiger partial charge in [-0.1, -0.05) is 17.7 Å². The standard InChI is InChI=1S/C16H21ClFNO2/c1-2-21-16(20)12-4-6-13(7-5-12)19-10-11-3-8-14(17)15(18)9-11/h3,8-9,12-13,19H,2,4-7,10H2,1H3. The Bertz CT molecular complexity index is 487. The van der Waals surface area contributed by atoms with E-state index in [2.05, 4.69) is 5.32 Å². The molecule has 1 saturated carbocycles. The van der Waals surface area contributed by atoms with Crippen molar-refractivity contribution in [2.75, 3.05) is 6.61 Å². The minimum absolute atomic E-state index is 0.0379. The molecule has 2 rings (SSSR count). The first-order valence-corrected chi connectivity index (χ1v) is 7.82. The zero-order valence-corrected chi connectivity index (χ0v) is 13.0. The number of hydrogen-bond acceptors (Lipinski definition) is 3. The number of halogens is 2. The third kappa shape index (κ3) is 4.68. The van der Waals surface area contributed by atoms with Crippen LogP contribution in [0.5, 0.6) is 0 Å². The van der Waals surface area contributed by atoms with Gasteiger partial charge in [-0.3, -0.25) is 4.79 Å². The third-order valence-corrected chi connectivity index (χ3v) is 4.23. The molecule has 1 aromatic carbocycles. The second kappa shape index (κ2) is 7.76. The molecule has 0 unspecified atom stereocenters. The summed E-state index contributed by atoms with van der Waals surface area (Å²) in [6, 6.07) is 5.22. The lowest BCUT2D eigenvalue weighted by atomic mass is 9.86. The zero-order valence-electron chi connectivity index (χ0n) is 12.2. The Morgan fingerprint density at radius 3 is 2.71 bits per heavy atom. The van der Waals surface area contributed by atoms with Gasteiger partial charge in [0.2, 0.25) is 0 Å². The van der Waals surface area contributed by atoms with Crippen molar-refractivity contribution in [2.45, 2.75) is 45.2 Å². The lowest BCUT2D eigenvalue weighted by molar-refractivity contribution is -0.149. The fourth-order valence-electron chi connectivity index (χ4n) is 2.71. The molecule has 3 nitrogen and oxygen atoms in total. The minimum Gasteiger partial charge on any atom is -0.466 e.